The molecule has 1 amide bonds. The van der Waals surface area contributed by atoms with Crippen molar-refractivity contribution in [3.63, 3.8) is 0 Å². The number of para-hydroxylation sites is 1. The van der Waals surface area contributed by atoms with Crippen LogP contribution in [-0.2, 0) is 11.2 Å². The van der Waals surface area contributed by atoms with E-state index in [0.717, 1.165) is 33.9 Å². The lowest BCUT2D eigenvalue weighted by molar-refractivity contribution is -0.117. The smallest absolute Gasteiger partial charge is 0.232 e. The third-order valence-corrected chi connectivity index (χ3v) is 4.16. The summed E-state index contributed by atoms with van der Waals surface area (Å²) < 4.78 is 10.7. The van der Waals surface area contributed by atoms with Crippen molar-refractivity contribution in [2.45, 2.75) is 19.3 Å². The molecule has 114 valence electrons. The molecule has 1 atom stereocenters. The highest BCUT2D eigenvalue weighted by Crippen LogP contribution is 2.38. The molecule has 1 aliphatic rings. The summed E-state index contributed by atoms with van der Waals surface area (Å²) in [5.41, 5.74) is 4.05. The second-order valence-corrected chi connectivity index (χ2v) is 5.46. The zero-order valence-electron chi connectivity index (χ0n) is 13.0. The maximum Gasteiger partial charge on any atom is 0.232 e. The van der Waals surface area contributed by atoms with Gasteiger partial charge in [-0.05, 0) is 48.2 Å². The number of nitrogens with one attached hydrogen (secondary N) is 1. The number of methoxy groups -OCH3 is 2. The molecule has 4 heteroatoms. The van der Waals surface area contributed by atoms with Gasteiger partial charge in [0.05, 0.1) is 20.1 Å². The van der Waals surface area contributed by atoms with Crippen LogP contribution < -0.4 is 14.8 Å². The highest BCUT2D eigenvalue weighted by molar-refractivity contribution is 6.03. The number of hydrogen-bond acceptors (Lipinski definition) is 3. The van der Waals surface area contributed by atoms with E-state index in [1.54, 1.807) is 14.2 Å². The Morgan fingerprint density at radius 2 is 1.95 bits per heavy atom. The Morgan fingerprint density at radius 1 is 1.14 bits per heavy atom. The van der Waals surface area contributed by atoms with Crippen LogP contribution in [0.15, 0.2) is 36.4 Å². The van der Waals surface area contributed by atoms with E-state index in [2.05, 4.69) is 5.32 Å². The van der Waals surface area contributed by atoms with Crippen LogP contribution in [0, 0.1) is 6.92 Å². The molecule has 0 saturated heterocycles. The molecule has 0 unspecified atom stereocenters. The Bertz CT molecular complexity index is 724. The summed E-state index contributed by atoms with van der Waals surface area (Å²) in [4.78, 5) is 12.4. The van der Waals surface area contributed by atoms with Gasteiger partial charge in [-0.1, -0.05) is 18.2 Å². The van der Waals surface area contributed by atoms with Gasteiger partial charge in [0.15, 0.2) is 0 Å². The number of fused-ring (bicyclic) bond motifs is 1. The minimum atomic E-state index is -0.198. The van der Waals surface area contributed by atoms with Crippen LogP contribution in [0.5, 0.6) is 11.5 Å². The first-order valence-corrected chi connectivity index (χ1v) is 7.25. The molecular formula is C18H19NO3. The van der Waals surface area contributed by atoms with Crippen molar-refractivity contribution in [3.05, 3.63) is 53.1 Å². The predicted octanol–water partition coefficient (Wildman–Crippen LogP) is 3.29. The topological polar surface area (TPSA) is 47.6 Å². The molecule has 1 N–H and O–H groups in total. The van der Waals surface area contributed by atoms with E-state index >= 15 is 0 Å². The first kappa shape index (κ1) is 14.4. The molecule has 0 aromatic heterocycles. The molecular weight excluding hydrogens is 278 g/mol. The molecule has 0 bridgehead atoms. The number of ether oxygens (including phenoxy) is 2. The summed E-state index contributed by atoms with van der Waals surface area (Å²) in [7, 11) is 3.27. The van der Waals surface area contributed by atoms with Crippen LogP contribution in [0.2, 0.25) is 0 Å². The lowest BCUT2D eigenvalue weighted by atomic mass is 9.92. The molecule has 0 saturated carbocycles. The fraction of sp³-hybridized carbons (Fsp3) is 0.278. The zero-order chi connectivity index (χ0) is 15.7. The molecule has 1 aliphatic heterocycles. The SMILES string of the molecule is COc1ccc(OC)c(C[C@H]2C(=O)Nc3c(C)cccc32)c1. The van der Waals surface area contributed by atoms with Crippen LogP contribution in [0.3, 0.4) is 0 Å². The van der Waals surface area contributed by atoms with Gasteiger partial charge in [0, 0.05) is 5.69 Å². The molecule has 3 rings (SSSR count). The number of aryl methyl sites for hydroxylation is 1. The minimum Gasteiger partial charge on any atom is -0.497 e. The molecule has 4 nitrogen and oxygen atoms in total. The zero-order valence-corrected chi connectivity index (χ0v) is 13.0. The fourth-order valence-corrected chi connectivity index (χ4v) is 2.97. The number of carbonyl (C=O) groups is 1. The van der Waals surface area contributed by atoms with Gasteiger partial charge in [0.2, 0.25) is 5.91 Å². The van der Waals surface area contributed by atoms with Crippen molar-refractivity contribution in [3.8, 4) is 11.5 Å². The monoisotopic (exact) mass is 297 g/mol. The second-order valence-electron chi connectivity index (χ2n) is 5.46. The third-order valence-electron chi connectivity index (χ3n) is 4.16. The largest absolute Gasteiger partial charge is 0.497 e. The fourth-order valence-electron chi connectivity index (χ4n) is 2.97. The Morgan fingerprint density at radius 3 is 2.68 bits per heavy atom. The highest BCUT2D eigenvalue weighted by Gasteiger charge is 2.32. The van der Waals surface area contributed by atoms with Crippen LogP contribution in [-0.4, -0.2) is 20.1 Å². The summed E-state index contributed by atoms with van der Waals surface area (Å²) in [6.45, 7) is 2.01. The van der Waals surface area contributed by atoms with Gasteiger partial charge in [-0.2, -0.15) is 0 Å². The maximum absolute atomic E-state index is 12.4. The summed E-state index contributed by atoms with van der Waals surface area (Å²) in [5, 5.41) is 2.99. The number of anilines is 1. The second kappa shape index (κ2) is 5.72. The molecule has 2 aromatic carbocycles. The van der Waals surface area contributed by atoms with Crippen molar-refractivity contribution in [1.82, 2.24) is 0 Å². The van der Waals surface area contributed by atoms with Gasteiger partial charge < -0.3 is 14.8 Å². The van der Waals surface area contributed by atoms with E-state index in [4.69, 9.17) is 9.47 Å². The highest BCUT2D eigenvalue weighted by atomic mass is 16.5. The molecule has 0 radical (unpaired) electrons. The van der Waals surface area contributed by atoms with Gasteiger partial charge in [0.25, 0.3) is 0 Å². The van der Waals surface area contributed by atoms with E-state index in [-0.39, 0.29) is 11.8 Å². The van der Waals surface area contributed by atoms with Crippen molar-refractivity contribution < 1.29 is 14.3 Å². The van der Waals surface area contributed by atoms with Crippen LogP contribution in [0.25, 0.3) is 0 Å². The summed E-state index contributed by atoms with van der Waals surface area (Å²) >= 11 is 0. The van der Waals surface area contributed by atoms with Crippen LogP contribution in [0.1, 0.15) is 22.6 Å². The summed E-state index contributed by atoms with van der Waals surface area (Å²) in [6, 6.07) is 11.7. The van der Waals surface area contributed by atoms with Gasteiger partial charge in [0.1, 0.15) is 11.5 Å². The Balaban J connectivity index is 1.98. The van der Waals surface area contributed by atoms with Gasteiger partial charge in [-0.25, -0.2) is 0 Å². The molecule has 2 aromatic rings. The first-order valence-electron chi connectivity index (χ1n) is 7.25. The van der Waals surface area contributed by atoms with Crippen molar-refractivity contribution in [2.75, 3.05) is 19.5 Å². The summed E-state index contributed by atoms with van der Waals surface area (Å²) in [5.74, 6) is 1.37. The number of benzene rings is 2. The Hall–Kier alpha value is -2.49. The van der Waals surface area contributed by atoms with E-state index in [9.17, 15) is 4.79 Å². The molecule has 0 aliphatic carbocycles. The molecule has 0 spiro atoms. The van der Waals surface area contributed by atoms with Crippen LogP contribution >= 0.6 is 0 Å². The van der Waals surface area contributed by atoms with E-state index in [1.165, 1.54) is 0 Å². The predicted molar refractivity (Wildman–Crippen MR) is 85.8 cm³/mol. The van der Waals surface area contributed by atoms with E-state index in [0.29, 0.717) is 6.42 Å². The molecule has 22 heavy (non-hydrogen) atoms. The van der Waals surface area contributed by atoms with Gasteiger partial charge in [-0.3, -0.25) is 4.79 Å². The maximum atomic E-state index is 12.4. The minimum absolute atomic E-state index is 0.0363. The normalized spacial score (nSPS) is 16.1. The van der Waals surface area contributed by atoms with Crippen molar-refractivity contribution in [1.29, 1.82) is 0 Å². The van der Waals surface area contributed by atoms with Crippen LogP contribution in [0.4, 0.5) is 5.69 Å². The number of rotatable bonds is 4. The van der Waals surface area contributed by atoms with E-state index in [1.807, 2.05) is 43.3 Å². The van der Waals surface area contributed by atoms with Crippen molar-refractivity contribution in [2.24, 2.45) is 0 Å². The first-order chi connectivity index (χ1) is 10.6. The molecule has 1 heterocycles. The number of hydrogen-bond donors (Lipinski definition) is 1. The average Bonchev–Trinajstić information content (AvgIpc) is 2.85. The summed E-state index contributed by atoms with van der Waals surface area (Å²) in [6.07, 6.45) is 0.586. The quantitative estimate of drug-likeness (QED) is 0.942. The van der Waals surface area contributed by atoms with Crippen molar-refractivity contribution >= 4 is 11.6 Å². The third kappa shape index (κ3) is 2.41. The number of amides is 1. The van der Waals surface area contributed by atoms with E-state index < -0.39 is 0 Å². The van der Waals surface area contributed by atoms with Gasteiger partial charge in [-0.15, -0.1) is 0 Å². The Labute approximate surface area is 130 Å². The standard InChI is InChI=1S/C18H19NO3/c1-11-5-4-6-14-15(18(20)19-17(11)14)10-12-9-13(21-2)7-8-16(12)22-3/h4-9,15H,10H2,1-3H3,(H,19,20)/t15-/m1/s1. The van der Waals surface area contributed by atoms with Gasteiger partial charge >= 0.3 is 0 Å². The lowest BCUT2D eigenvalue weighted by Crippen LogP contribution is -2.14. The number of carbonyl (C=O) groups excluding carboxylic acids is 1. The Kier molecular flexibility index (Phi) is 3.75. The molecule has 0 fully saturated rings. The lowest BCUT2D eigenvalue weighted by Gasteiger charge is -2.14. The average molecular weight is 297 g/mol.